The van der Waals surface area contributed by atoms with Crippen molar-refractivity contribution < 1.29 is 4.79 Å². The summed E-state index contributed by atoms with van der Waals surface area (Å²) in [6.07, 6.45) is 1.90. The number of nitrogens with one attached hydrogen (secondary N) is 1. The smallest absolute Gasteiger partial charge is 0.321 e. The third-order valence-electron chi connectivity index (χ3n) is 3.16. The van der Waals surface area contributed by atoms with Gasteiger partial charge >= 0.3 is 6.03 Å². The summed E-state index contributed by atoms with van der Waals surface area (Å²) in [7, 11) is 0. The molecule has 1 saturated heterocycles. The number of hydrogen-bond acceptors (Lipinski definition) is 2. The summed E-state index contributed by atoms with van der Waals surface area (Å²) >= 11 is 6.83. The molecule has 0 bridgehead atoms. The van der Waals surface area contributed by atoms with Crippen LogP contribution in [-0.4, -0.2) is 48.6 Å². The Labute approximate surface area is 136 Å². The van der Waals surface area contributed by atoms with Crippen molar-refractivity contribution in [1.82, 2.24) is 9.80 Å². The van der Waals surface area contributed by atoms with Crippen LogP contribution in [0.5, 0.6) is 0 Å². The van der Waals surface area contributed by atoms with Gasteiger partial charge in [0.2, 0.25) is 0 Å². The van der Waals surface area contributed by atoms with Crippen LogP contribution in [0.25, 0.3) is 0 Å². The number of amides is 2. The fourth-order valence-corrected chi connectivity index (χ4v) is 3.44. The second kappa shape index (κ2) is 7.24. The van der Waals surface area contributed by atoms with Crippen LogP contribution in [0.2, 0.25) is 0 Å². The largest absolute Gasteiger partial charge is 0.322 e. The summed E-state index contributed by atoms with van der Waals surface area (Å²) in [4.78, 5) is 16.3. The molecule has 0 radical (unpaired) electrons. The lowest BCUT2D eigenvalue weighted by atomic mass is 10.3. The lowest BCUT2D eigenvalue weighted by molar-refractivity contribution is 0.156. The highest BCUT2D eigenvalue weighted by Crippen LogP contribution is 2.23. The second-order valence-corrected chi connectivity index (χ2v) is 6.50. The van der Waals surface area contributed by atoms with Crippen LogP contribution in [-0.2, 0) is 0 Å². The first-order valence-electron chi connectivity index (χ1n) is 6.44. The quantitative estimate of drug-likeness (QED) is 0.784. The van der Waals surface area contributed by atoms with E-state index in [1.54, 1.807) is 0 Å². The van der Waals surface area contributed by atoms with Gasteiger partial charge in [-0.1, -0.05) is 37.9 Å². The van der Waals surface area contributed by atoms with Crippen molar-refractivity contribution >= 4 is 43.6 Å². The highest BCUT2D eigenvalue weighted by Gasteiger charge is 2.20. The summed E-state index contributed by atoms with van der Waals surface area (Å²) < 4.78 is 1.86. The van der Waals surface area contributed by atoms with E-state index in [4.69, 9.17) is 0 Å². The van der Waals surface area contributed by atoms with Gasteiger partial charge in [-0.2, -0.15) is 0 Å². The molecular weight excluding hydrogens is 386 g/mol. The van der Waals surface area contributed by atoms with Crippen LogP contribution in [0.15, 0.2) is 39.8 Å². The van der Waals surface area contributed by atoms with Crippen molar-refractivity contribution in [3.05, 3.63) is 39.8 Å². The molecule has 20 heavy (non-hydrogen) atoms. The van der Waals surface area contributed by atoms with E-state index < -0.39 is 0 Å². The molecular formula is C14H17Br2N3O. The van der Waals surface area contributed by atoms with Crippen molar-refractivity contribution in [3.8, 4) is 0 Å². The van der Waals surface area contributed by atoms with Gasteiger partial charge in [-0.05, 0) is 18.2 Å². The third kappa shape index (κ3) is 4.33. The monoisotopic (exact) mass is 401 g/mol. The Kier molecular flexibility index (Phi) is 5.63. The number of anilines is 1. The molecule has 1 aliphatic heterocycles. The molecule has 1 fully saturated rings. The predicted octanol–water partition coefficient (Wildman–Crippen LogP) is 3.55. The van der Waals surface area contributed by atoms with E-state index in [2.05, 4.69) is 48.7 Å². The summed E-state index contributed by atoms with van der Waals surface area (Å²) in [6, 6.07) is 5.66. The maximum Gasteiger partial charge on any atom is 0.321 e. The first-order valence-corrected chi connectivity index (χ1v) is 8.02. The third-order valence-corrected chi connectivity index (χ3v) is 4.08. The number of carbonyl (C=O) groups excluding carboxylic acids is 1. The van der Waals surface area contributed by atoms with E-state index in [1.165, 1.54) is 0 Å². The number of piperazine rings is 1. The maximum atomic E-state index is 12.2. The number of carbonyl (C=O) groups is 1. The number of halogens is 2. The first-order chi connectivity index (χ1) is 9.58. The van der Waals surface area contributed by atoms with Crippen LogP contribution < -0.4 is 5.32 Å². The average molecular weight is 403 g/mol. The highest BCUT2D eigenvalue weighted by molar-refractivity contribution is 9.11. The standard InChI is InChI=1S/C14H17Br2N3O/c1-2-3-18-4-6-19(7-5-18)14(20)17-13-9-11(15)8-12(16)10-13/h2,8-10H,1,3-7H2,(H,17,20). The Morgan fingerprint density at radius 3 is 2.35 bits per heavy atom. The summed E-state index contributed by atoms with van der Waals surface area (Å²) in [5.74, 6) is 0. The number of hydrogen-bond donors (Lipinski definition) is 1. The summed E-state index contributed by atoms with van der Waals surface area (Å²) in [5.41, 5.74) is 0.782. The lowest BCUT2D eigenvalue weighted by Crippen LogP contribution is -2.49. The minimum Gasteiger partial charge on any atom is -0.322 e. The van der Waals surface area contributed by atoms with Gasteiger partial charge < -0.3 is 10.2 Å². The molecule has 0 aromatic heterocycles. The zero-order chi connectivity index (χ0) is 14.5. The van der Waals surface area contributed by atoms with Gasteiger partial charge in [0.05, 0.1) is 0 Å². The zero-order valence-electron chi connectivity index (χ0n) is 11.1. The molecule has 2 rings (SSSR count). The molecule has 1 aromatic rings. The molecule has 0 atom stereocenters. The van der Waals surface area contributed by atoms with Gasteiger partial charge in [-0.3, -0.25) is 4.90 Å². The van der Waals surface area contributed by atoms with E-state index in [1.807, 2.05) is 29.2 Å². The van der Waals surface area contributed by atoms with E-state index in [0.29, 0.717) is 0 Å². The molecule has 0 unspecified atom stereocenters. The number of nitrogens with zero attached hydrogens (tertiary/aromatic N) is 2. The molecule has 0 saturated carbocycles. The normalized spacial score (nSPS) is 16.0. The molecule has 6 heteroatoms. The number of urea groups is 1. The van der Waals surface area contributed by atoms with Crippen LogP contribution in [0.1, 0.15) is 0 Å². The van der Waals surface area contributed by atoms with Crippen molar-refractivity contribution in [2.24, 2.45) is 0 Å². The second-order valence-electron chi connectivity index (χ2n) is 4.66. The molecule has 2 amide bonds. The lowest BCUT2D eigenvalue weighted by Gasteiger charge is -2.34. The highest BCUT2D eigenvalue weighted by atomic mass is 79.9. The Morgan fingerprint density at radius 2 is 1.80 bits per heavy atom. The van der Waals surface area contributed by atoms with Crippen LogP contribution in [0, 0.1) is 0 Å². The van der Waals surface area contributed by atoms with Gasteiger partial charge in [-0.15, -0.1) is 6.58 Å². The summed E-state index contributed by atoms with van der Waals surface area (Å²) in [5, 5.41) is 2.93. The van der Waals surface area contributed by atoms with Gasteiger partial charge in [0.15, 0.2) is 0 Å². The molecule has 4 nitrogen and oxygen atoms in total. The van der Waals surface area contributed by atoms with Crippen LogP contribution in [0.4, 0.5) is 10.5 Å². The van der Waals surface area contributed by atoms with Gasteiger partial charge in [0.1, 0.15) is 0 Å². The molecule has 1 aromatic carbocycles. The van der Waals surface area contributed by atoms with Crippen molar-refractivity contribution in [2.45, 2.75) is 0 Å². The van der Waals surface area contributed by atoms with E-state index in [-0.39, 0.29) is 6.03 Å². The van der Waals surface area contributed by atoms with E-state index in [0.717, 1.165) is 47.4 Å². The molecule has 1 N–H and O–H groups in total. The average Bonchev–Trinajstić information content (AvgIpc) is 2.38. The van der Waals surface area contributed by atoms with Crippen LogP contribution in [0.3, 0.4) is 0 Å². The van der Waals surface area contributed by atoms with Crippen molar-refractivity contribution in [3.63, 3.8) is 0 Å². The maximum absolute atomic E-state index is 12.2. The van der Waals surface area contributed by atoms with Gasteiger partial charge in [0, 0.05) is 47.4 Å². The summed E-state index contributed by atoms with van der Waals surface area (Å²) in [6.45, 7) is 7.89. The fraction of sp³-hybridized carbons (Fsp3) is 0.357. The molecule has 0 spiro atoms. The zero-order valence-corrected chi connectivity index (χ0v) is 14.3. The van der Waals surface area contributed by atoms with Crippen molar-refractivity contribution in [1.29, 1.82) is 0 Å². The molecule has 1 aliphatic rings. The Hall–Kier alpha value is -0.850. The number of rotatable bonds is 3. The number of benzene rings is 1. The Bertz CT molecular complexity index is 479. The minimum atomic E-state index is -0.0479. The molecule has 108 valence electrons. The van der Waals surface area contributed by atoms with Crippen molar-refractivity contribution in [2.75, 3.05) is 38.0 Å². The SMILES string of the molecule is C=CCN1CCN(C(=O)Nc2cc(Br)cc(Br)c2)CC1. The predicted molar refractivity (Wildman–Crippen MR) is 89.1 cm³/mol. The topological polar surface area (TPSA) is 35.6 Å². The first kappa shape index (κ1) is 15.5. The van der Waals surface area contributed by atoms with E-state index in [9.17, 15) is 4.79 Å². The minimum absolute atomic E-state index is 0.0479. The molecule has 1 heterocycles. The molecule has 0 aliphatic carbocycles. The fourth-order valence-electron chi connectivity index (χ4n) is 2.14. The Balaban J connectivity index is 1.91. The Morgan fingerprint density at radius 1 is 1.20 bits per heavy atom. The van der Waals surface area contributed by atoms with E-state index >= 15 is 0 Å². The van der Waals surface area contributed by atoms with Gasteiger partial charge in [0.25, 0.3) is 0 Å². The van der Waals surface area contributed by atoms with Crippen LogP contribution >= 0.6 is 31.9 Å². The van der Waals surface area contributed by atoms with Gasteiger partial charge in [-0.25, -0.2) is 4.79 Å².